The molecule has 5 rings (SSSR count). The number of rotatable bonds is 6. The molecule has 0 saturated carbocycles. The van der Waals surface area contributed by atoms with Crippen LogP contribution < -0.4 is 5.32 Å². The fourth-order valence-corrected chi connectivity index (χ4v) is 6.11. The molecule has 34 heavy (non-hydrogen) atoms. The average Bonchev–Trinajstić information content (AvgIpc) is 3.46. The van der Waals surface area contributed by atoms with Gasteiger partial charge in [0.1, 0.15) is 12.1 Å². The number of carbonyl (C=O) groups excluding carboxylic acids is 2. The van der Waals surface area contributed by atoms with E-state index in [1.165, 1.54) is 0 Å². The van der Waals surface area contributed by atoms with E-state index in [4.69, 9.17) is 4.74 Å². The highest BCUT2D eigenvalue weighted by atomic mass is 16.5. The van der Waals surface area contributed by atoms with Gasteiger partial charge in [-0.15, -0.1) is 0 Å². The summed E-state index contributed by atoms with van der Waals surface area (Å²) in [7, 11) is 0. The van der Waals surface area contributed by atoms with Gasteiger partial charge in [-0.25, -0.2) is 9.59 Å². The van der Waals surface area contributed by atoms with Gasteiger partial charge in [-0.1, -0.05) is 48.5 Å². The number of carboxylic acid groups (broad SMARTS) is 1. The third-order valence-electron chi connectivity index (χ3n) is 7.65. The van der Waals surface area contributed by atoms with Crippen molar-refractivity contribution in [2.45, 2.75) is 69.0 Å². The van der Waals surface area contributed by atoms with Crippen molar-refractivity contribution in [1.29, 1.82) is 0 Å². The zero-order valence-corrected chi connectivity index (χ0v) is 19.5. The second-order valence-electron chi connectivity index (χ2n) is 10.3. The molecule has 2 heterocycles. The molecule has 2 fully saturated rings. The second kappa shape index (κ2) is 8.15. The minimum atomic E-state index is -1.08. The van der Waals surface area contributed by atoms with Crippen LogP contribution in [0.3, 0.4) is 0 Å². The number of fused-ring (bicyclic) bond motifs is 5. The Kier molecular flexibility index (Phi) is 5.38. The highest BCUT2D eigenvalue weighted by Gasteiger charge is 2.58. The minimum Gasteiger partial charge on any atom is -0.479 e. The highest BCUT2D eigenvalue weighted by molar-refractivity contribution is 5.89. The summed E-state index contributed by atoms with van der Waals surface area (Å²) in [6.45, 7) is 3.72. The molecule has 2 amide bonds. The second-order valence-corrected chi connectivity index (χ2v) is 10.3. The number of benzene rings is 2. The fraction of sp³-hybridized carbons (Fsp3) is 0.444. The van der Waals surface area contributed by atoms with Crippen molar-refractivity contribution in [3.63, 3.8) is 0 Å². The molecule has 7 heteroatoms. The predicted octanol–water partition coefficient (Wildman–Crippen LogP) is 4.30. The van der Waals surface area contributed by atoms with Gasteiger partial charge in [-0.3, -0.25) is 4.79 Å². The maximum absolute atomic E-state index is 13.1. The number of nitrogens with zero attached hydrogens (tertiary/aromatic N) is 1. The monoisotopic (exact) mass is 462 g/mol. The molecule has 7 nitrogen and oxygen atoms in total. The Balaban J connectivity index is 1.22. The van der Waals surface area contributed by atoms with E-state index in [0.717, 1.165) is 35.1 Å². The number of hydrogen-bond donors (Lipinski definition) is 2. The fourth-order valence-electron chi connectivity index (χ4n) is 6.11. The zero-order valence-electron chi connectivity index (χ0n) is 19.5. The molecule has 0 unspecified atom stereocenters. The first-order valence-corrected chi connectivity index (χ1v) is 11.9. The first-order valence-electron chi connectivity index (χ1n) is 11.9. The van der Waals surface area contributed by atoms with Crippen LogP contribution in [0.25, 0.3) is 11.1 Å². The summed E-state index contributed by atoms with van der Waals surface area (Å²) in [4.78, 5) is 39.3. The van der Waals surface area contributed by atoms with E-state index in [1.807, 2.05) is 24.3 Å². The van der Waals surface area contributed by atoms with Crippen LogP contribution in [-0.4, -0.2) is 51.7 Å². The van der Waals surface area contributed by atoms with Crippen LogP contribution in [0.4, 0.5) is 4.79 Å². The van der Waals surface area contributed by atoms with Crippen molar-refractivity contribution in [3.05, 3.63) is 59.7 Å². The van der Waals surface area contributed by atoms with Crippen molar-refractivity contribution >= 4 is 18.0 Å². The molecular formula is C27H30N2O5. The van der Waals surface area contributed by atoms with E-state index in [-0.39, 0.29) is 30.9 Å². The standard InChI is InChI=1S/C27H30N2O5/c1-26(2,15-23(30)29-17-11-13-27(29,14-12-17)24(31)32)28-25(33)34-16-22-20-9-5-3-7-18(20)19-8-4-6-10-21(19)22/h3-10,17,22H,11-16H2,1-2H3,(H,28,33)(H,31,32). The summed E-state index contributed by atoms with van der Waals surface area (Å²) in [5.74, 6) is -1.20. The van der Waals surface area contributed by atoms with Crippen LogP contribution in [0.2, 0.25) is 0 Å². The van der Waals surface area contributed by atoms with Crippen LogP contribution in [0.1, 0.15) is 63.0 Å². The lowest BCUT2D eigenvalue weighted by atomic mass is 9.88. The van der Waals surface area contributed by atoms with Gasteiger partial charge in [-0.05, 0) is 61.8 Å². The van der Waals surface area contributed by atoms with Gasteiger partial charge < -0.3 is 20.1 Å². The summed E-state index contributed by atoms with van der Waals surface area (Å²) in [6, 6.07) is 16.3. The molecule has 2 saturated heterocycles. The molecule has 2 aromatic rings. The molecule has 0 spiro atoms. The summed E-state index contributed by atoms with van der Waals surface area (Å²) in [6.07, 6.45) is 1.87. The summed E-state index contributed by atoms with van der Waals surface area (Å²) < 4.78 is 5.63. The minimum absolute atomic E-state index is 0.0166. The Morgan fingerprint density at radius 3 is 2.15 bits per heavy atom. The molecular weight excluding hydrogens is 432 g/mol. The van der Waals surface area contributed by atoms with Crippen molar-refractivity contribution in [3.8, 4) is 11.1 Å². The van der Waals surface area contributed by atoms with E-state index < -0.39 is 23.1 Å². The molecule has 0 atom stereocenters. The number of ether oxygens (including phenoxy) is 1. The summed E-state index contributed by atoms with van der Waals surface area (Å²) >= 11 is 0. The summed E-state index contributed by atoms with van der Waals surface area (Å²) in [5, 5.41) is 12.6. The van der Waals surface area contributed by atoms with Gasteiger partial charge in [0, 0.05) is 23.9 Å². The largest absolute Gasteiger partial charge is 0.479 e. The lowest BCUT2D eigenvalue weighted by Crippen LogP contribution is -2.54. The Bertz CT molecular complexity index is 1100. The van der Waals surface area contributed by atoms with Crippen LogP contribution in [0.15, 0.2) is 48.5 Å². The van der Waals surface area contributed by atoms with Gasteiger partial charge in [-0.2, -0.15) is 0 Å². The van der Waals surface area contributed by atoms with Crippen LogP contribution >= 0.6 is 0 Å². The lowest BCUT2D eigenvalue weighted by Gasteiger charge is -2.34. The van der Waals surface area contributed by atoms with E-state index in [0.29, 0.717) is 12.8 Å². The molecule has 3 aliphatic rings. The van der Waals surface area contributed by atoms with Gasteiger partial charge in [0.2, 0.25) is 5.91 Å². The lowest BCUT2D eigenvalue weighted by molar-refractivity contribution is -0.155. The van der Waals surface area contributed by atoms with E-state index in [1.54, 1.807) is 18.7 Å². The normalized spacial score (nSPS) is 22.9. The number of hydrogen-bond acceptors (Lipinski definition) is 4. The number of nitrogens with one attached hydrogen (secondary N) is 1. The Morgan fingerprint density at radius 2 is 1.59 bits per heavy atom. The number of amides is 2. The molecule has 2 N–H and O–H groups in total. The summed E-state index contributed by atoms with van der Waals surface area (Å²) in [5.41, 5.74) is 2.63. The van der Waals surface area contributed by atoms with Crippen molar-refractivity contribution < 1.29 is 24.2 Å². The topological polar surface area (TPSA) is 95.9 Å². The predicted molar refractivity (Wildman–Crippen MR) is 126 cm³/mol. The van der Waals surface area contributed by atoms with Gasteiger partial charge in [0.05, 0.1) is 0 Å². The Hall–Kier alpha value is -3.35. The number of aliphatic carboxylic acids is 1. The van der Waals surface area contributed by atoms with Crippen molar-refractivity contribution in [1.82, 2.24) is 10.2 Å². The molecule has 178 valence electrons. The number of alkyl carbamates (subject to hydrolysis) is 1. The molecule has 0 radical (unpaired) electrons. The van der Waals surface area contributed by atoms with Gasteiger partial charge in [0.15, 0.2) is 0 Å². The first kappa shape index (κ1) is 22.4. The average molecular weight is 463 g/mol. The Labute approximate surface area is 199 Å². The van der Waals surface area contributed by atoms with Crippen molar-refractivity contribution in [2.75, 3.05) is 6.61 Å². The van der Waals surface area contributed by atoms with E-state index in [9.17, 15) is 19.5 Å². The number of carbonyl (C=O) groups is 3. The van der Waals surface area contributed by atoms with Crippen LogP contribution in [0, 0.1) is 0 Å². The smallest absolute Gasteiger partial charge is 0.407 e. The van der Waals surface area contributed by atoms with Crippen LogP contribution in [-0.2, 0) is 14.3 Å². The number of carboxylic acids is 1. The molecule has 1 aliphatic carbocycles. The molecule has 2 aliphatic heterocycles. The Morgan fingerprint density at radius 1 is 1.03 bits per heavy atom. The van der Waals surface area contributed by atoms with Gasteiger partial charge in [0.25, 0.3) is 0 Å². The molecule has 2 bridgehead atoms. The highest BCUT2D eigenvalue weighted by Crippen LogP contribution is 2.47. The van der Waals surface area contributed by atoms with Gasteiger partial charge >= 0.3 is 12.1 Å². The molecule has 2 aromatic carbocycles. The third kappa shape index (κ3) is 3.63. The maximum atomic E-state index is 13.1. The molecule has 0 aromatic heterocycles. The van der Waals surface area contributed by atoms with E-state index in [2.05, 4.69) is 29.6 Å². The third-order valence-corrected chi connectivity index (χ3v) is 7.65. The SMILES string of the molecule is CC(C)(CC(=O)N1C2CCC1(C(=O)O)CC2)NC(=O)OCC1c2ccccc2-c2ccccc21. The van der Waals surface area contributed by atoms with Crippen LogP contribution in [0.5, 0.6) is 0 Å². The van der Waals surface area contributed by atoms with E-state index >= 15 is 0 Å². The quantitative estimate of drug-likeness (QED) is 0.667. The zero-order chi connectivity index (χ0) is 24.1. The van der Waals surface area contributed by atoms with Crippen molar-refractivity contribution in [2.24, 2.45) is 0 Å². The maximum Gasteiger partial charge on any atom is 0.407 e. The first-order chi connectivity index (χ1) is 16.2.